The third-order valence-electron chi connectivity index (χ3n) is 1.35. The zero-order valence-corrected chi connectivity index (χ0v) is 8.57. The maximum atomic E-state index is 3.94. The van der Waals surface area contributed by atoms with E-state index in [9.17, 15) is 0 Å². The molecule has 0 amide bonds. The van der Waals surface area contributed by atoms with Gasteiger partial charge in [0.15, 0.2) is 0 Å². The fourth-order valence-corrected chi connectivity index (χ4v) is 1.10. The van der Waals surface area contributed by atoms with Gasteiger partial charge in [-0.2, -0.15) is 0 Å². The molecule has 0 aliphatic heterocycles. The van der Waals surface area contributed by atoms with Gasteiger partial charge in [-0.05, 0) is 30.5 Å². The molecule has 11 heavy (non-hydrogen) atoms. The molecule has 0 unspecified atom stereocenters. The lowest BCUT2D eigenvalue weighted by molar-refractivity contribution is 0.935. The number of pyridine rings is 1. The molecule has 1 nitrogen and oxygen atoms in total. The fraction of sp³-hybridized carbons (Fsp3) is 0.375. The summed E-state index contributed by atoms with van der Waals surface area (Å²) in [4.78, 5) is 3.94. The van der Waals surface area contributed by atoms with Crippen molar-refractivity contribution in [1.82, 2.24) is 4.98 Å². The zero-order chi connectivity index (χ0) is 7.23. The summed E-state index contributed by atoms with van der Waals surface area (Å²) < 4.78 is 0. The van der Waals surface area contributed by atoms with Crippen molar-refractivity contribution in [3.8, 4) is 0 Å². The van der Waals surface area contributed by atoms with Crippen LogP contribution < -0.4 is 0 Å². The van der Waals surface area contributed by atoms with Gasteiger partial charge in [-0.3, -0.25) is 4.98 Å². The average molecular weight is 237 g/mol. The molecule has 0 fully saturated rings. The predicted octanol–water partition coefficient (Wildman–Crippen LogP) is 2.83. The van der Waals surface area contributed by atoms with E-state index >= 15 is 0 Å². The summed E-state index contributed by atoms with van der Waals surface area (Å²) in [6.07, 6.45) is 6.02. The van der Waals surface area contributed by atoms with Gasteiger partial charge in [-0.1, -0.05) is 15.9 Å². The lowest BCUT2D eigenvalue weighted by Gasteiger charge is -1.95. The molecule has 62 valence electrons. The van der Waals surface area contributed by atoms with Crippen LogP contribution in [0.5, 0.6) is 0 Å². The first-order valence-electron chi connectivity index (χ1n) is 3.38. The normalized spacial score (nSPS) is 8.82. The second kappa shape index (κ2) is 6.62. The summed E-state index contributed by atoms with van der Waals surface area (Å²) in [7, 11) is 0. The van der Waals surface area contributed by atoms with Crippen molar-refractivity contribution in [2.75, 3.05) is 5.33 Å². The van der Waals surface area contributed by atoms with Crippen molar-refractivity contribution < 1.29 is 0 Å². The van der Waals surface area contributed by atoms with Crippen molar-refractivity contribution in [3.05, 3.63) is 30.1 Å². The Hall–Kier alpha value is -0.0800. The van der Waals surface area contributed by atoms with E-state index in [0.29, 0.717) is 0 Å². The summed E-state index contributed by atoms with van der Waals surface area (Å²) in [5, 5.41) is 1.08. The van der Waals surface area contributed by atoms with Crippen LogP contribution >= 0.6 is 28.3 Å². The SMILES string of the molecule is BrCCCc1ccncc1.Cl. The molecule has 1 aromatic heterocycles. The van der Waals surface area contributed by atoms with Gasteiger partial charge >= 0.3 is 0 Å². The van der Waals surface area contributed by atoms with E-state index in [0.717, 1.165) is 11.8 Å². The molecular formula is C8H11BrClN. The molecule has 1 aromatic rings. The highest BCUT2D eigenvalue weighted by molar-refractivity contribution is 9.09. The molecule has 0 atom stereocenters. The smallest absolute Gasteiger partial charge is 0.0270 e. The standard InChI is InChI=1S/C8H10BrN.ClH/c9-5-1-2-8-3-6-10-7-4-8;/h3-4,6-7H,1-2,5H2;1H. The molecule has 0 aliphatic carbocycles. The van der Waals surface area contributed by atoms with Crippen LogP contribution in [0.2, 0.25) is 0 Å². The molecule has 0 N–H and O–H groups in total. The van der Waals surface area contributed by atoms with Gasteiger partial charge < -0.3 is 0 Å². The molecule has 0 spiro atoms. The second-order valence-electron chi connectivity index (χ2n) is 2.15. The molecule has 0 bridgehead atoms. The van der Waals surface area contributed by atoms with Gasteiger partial charge in [-0.15, -0.1) is 12.4 Å². The quantitative estimate of drug-likeness (QED) is 0.736. The number of nitrogens with zero attached hydrogens (tertiary/aromatic N) is 1. The molecule has 0 saturated heterocycles. The molecule has 0 saturated carbocycles. The van der Waals surface area contributed by atoms with Crippen molar-refractivity contribution >= 4 is 28.3 Å². The first kappa shape index (κ1) is 10.9. The Morgan fingerprint density at radius 3 is 2.45 bits per heavy atom. The van der Waals surface area contributed by atoms with Crippen LogP contribution in [0, 0.1) is 0 Å². The molecular weight excluding hydrogens is 225 g/mol. The van der Waals surface area contributed by atoms with E-state index in [1.165, 1.54) is 12.0 Å². The maximum Gasteiger partial charge on any atom is 0.0270 e. The molecule has 0 aliphatic rings. The predicted molar refractivity (Wildman–Crippen MR) is 53.6 cm³/mol. The Labute approximate surface area is 81.8 Å². The zero-order valence-electron chi connectivity index (χ0n) is 6.16. The Bertz CT molecular complexity index is 179. The highest BCUT2D eigenvalue weighted by atomic mass is 79.9. The largest absolute Gasteiger partial charge is 0.265 e. The van der Waals surface area contributed by atoms with Gasteiger partial charge in [0, 0.05) is 17.7 Å². The first-order valence-corrected chi connectivity index (χ1v) is 4.50. The minimum atomic E-state index is 0. The fourth-order valence-electron chi connectivity index (χ4n) is 0.820. The lowest BCUT2D eigenvalue weighted by Crippen LogP contribution is -1.84. The van der Waals surface area contributed by atoms with Gasteiger partial charge in [0.05, 0.1) is 0 Å². The van der Waals surface area contributed by atoms with E-state index in [4.69, 9.17) is 0 Å². The summed E-state index contributed by atoms with van der Waals surface area (Å²) in [5.74, 6) is 0. The summed E-state index contributed by atoms with van der Waals surface area (Å²) in [6.45, 7) is 0. The Balaban J connectivity index is 0.000001000. The van der Waals surface area contributed by atoms with Crippen molar-refractivity contribution in [1.29, 1.82) is 0 Å². The average Bonchev–Trinajstić information content (AvgIpc) is 2.03. The minimum Gasteiger partial charge on any atom is -0.265 e. The third-order valence-corrected chi connectivity index (χ3v) is 1.91. The van der Waals surface area contributed by atoms with Gasteiger partial charge in [0.1, 0.15) is 0 Å². The van der Waals surface area contributed by atoms with Gasteiger partial charge in [0.2, 0.25) is 0 Å². The molecule has 3 heteroatoms. The van der Waals surface area contributed by atoms with Crippen LogP contribution in [0.1, 0.15) is 12.0 Å². The maximum absolute atomic E-state index is 3.94. The van der Waals surface area contributed by atoms with Crippen LogP contribution in [-0.4, -0.2) is 10.3 Å². The van der Waals surface area contributed by atoms with E-state index in [1.54, 1.807) is 0 Å². The van der Waals surface area contributed by atoms with E-state index in [2.05, 4.69) is 33.0 Å². The van der Waals surface area contributed by atoms with Crippen LogP contribution in [0.4, 0.5) is 0 Å². The number of alkyl halides is 1. The van der Waals surface area contributed by atoms with Crippen LogP contribution in [0.25, 0.3) is 0 Å². The Morgan fingerprint density at radius 2 is 1.91 bits per heavy atom. The van der Waals surface area contributed by atoms with Crippen LogP contribution in [-0.2, 0) is 6.42 Å². The number of aromatic nitrogens is 1. The van der Waals surface area contributed by atoms with Crippen LogP contribution in [0.15, 0.2) is 24.5 Å². The van der Waals surface area contributed by atoms with E-state index in [-0.39, 0.29) is 12.4 Å². The Morgan fingerprint density at radius 1 is 1.27 bits per heavy atom. The topological polar surface area (TPSA) is 12.9 Å². The van der Waals surface area contributed by atoms with E-state index < -0.39 is 0 Å². The van der Waals surface area contributed by atoms with Crippen LogP contribution in [0.3, 0.4) is 0 Å². The molecule has 0 aromatic carbocycles. The summed E-state index contributed by atoms with van der Waals surface area (Å²) in [6, 6.07) is 4.12. The third kappa shape index (κ3) is 4.38. The molecule has 1 rings (SSSR count). The number of halogens is 2. The molecule has 0 radical (unpaired) electrons. The number of hydrogen-bond acceptors (Lipinski definition) is 1. The summed E-state index contributed by atoms with van der Waals surface area (Å²) >= 11 is 3.39. The highest BCUT2D eigenvalue weighted by Gasteiger charge is 1.88. The van der Waals surface area contributed by atoms with E-state index in [1.807, 2.05) is 12.4 Å². The van der Waals surface area contributed by atoms with Gasteiger partial charge in [0.25, 0.3) is 0 Å². The first-order chi connectivity index (χ1) is 4.93. The molecule has 1 heterocycles. The summed E-state index contributed by atoms with van der Waals surface area (Å²) in [5.41, 5.74) is 1.37. The second-order valence-corrected chi connectivity index (χ2v) is 2.94. The highest BCUT2D eigenvalue weighted by Crippen LogP contribution is 2.01. The number of rotatable bonds is 3. The number of aryl methyl sites for hydroxylation is 1. The van der Waals surface area contributed by atoms with Crippen molar-refractivity contribution in [2.45, 2.75) is 12.8 Å². The minimum absolute atomic E-state index is 0. The Kier molecular flexibility index (Phi) is 6.57. The van der Waals surface area contributed by atoms with Crippen molar-refractivity contribution in [2.24, 2.45) is 0 Å². The van der Waals surface area contributed by atoms with Gasteiger partial charge in [-0.25, -0.2) is 0 Å². The lowest BCUT2D eigenvalue weighted by atomic mass is 10.2. The monoisotopic (exact) mass is 235 g/mol. The van der Waals surface area contributed by atoms with Crippen molar-refractivity contribution in [3.63, 3.8) is 0 Å². The number of hydrogen-bond donors (Lipinski definition) is 0.